The SMILES string of the molecule is CCCCCNc1nc(N)nc2ccn(Cc3ccc(CN4CCN[C@@H](CF)C4)cc3OC)c12. The normalized spacial score (nSPS) is 16.7. The summed E-state index contributed by atoms with van der Waals surface area (Å²) >= 11 is 0. The molecule has 1 fully saturated rings. The quantitative estimate of drug-likeness (QED) is 0.371. The maximum atomic E-state index is 13.1. The predicted octanol–water partition coefficient (Wildman–Crippen LogP) is 3.42. The van der Waals surface area contributed by atoms with Crippen molar-refractivity contribution in [1.82, 2.24) is 24.8 Å². The molecule has 0 saturated carbocycles. The van der Waals surface area contributed by atoms with E-state index < -0.39 is 0 Å². The molecule has 8 nitrogen and oxygen atoms in total. The Morgan fingerprint density at radius 2 is 2.12 bits per heavy atom. The van der Waals surface area contributed by atoms with Crippen LogP contribution in [0.5, 0.6) is 5.75 Å². The van der Waals surface area contributed by atoms with Crippen LogP contribution in [0, 0.1) is 0 Å². The van der Waals surface area contributed by atoms with Gasteiger partial charge in [-0.2, -0.15) is 4.98 Å². The number of nitrogens with zero attached hydrogens (tertiary/aromatic N) is 4. The van der Waals surface area contributed by atoms with Gasteiger partial charge >= 0.3 is 0 Å². The van der Waals surface area contributed by atoms with E-state index in [1.54, 1.807) is 7.11 Å². The number of anilines is 2. The first kappa shape index (κ1) is 24.2. The topological polar surface area (TPSA) is 93.3 Å². The molecule has 0 radical (unpaired) electrons. The molecule has 2 aromatic heterocycles. The number of hydrogen-bond acceptors (Lipinski definition) is 7. The highest BCUT2D eigenvalue weighted by molar-refractivity contribution is 5.87. The zero-order valence-electron chi connectivity index (χ0n) is 20.2. The van der Waals surface area contributed by atoms with Crippen LogP contribution < -0.4 is 21.1 Å². The third-order valence-electron chi connectivity index (χ3n) is 6.32. The minimum atomic E-state index is -0.339. The van der Waals surface area contributed by atoms with Crippen LogP contribution in [0.1, 0.15) is 37.3 Å². The van der Waals surface area contributed by atoms with E-state index in [4.69, 9.17) is 10.5 Å². The van der Waals surface area contributed by atoms with Crippen molar-refractivity contribution in [2.75, 3.05) is 51.0 Å². The van der Waals surface area contributed by atoms with Crippen LogP contribution in [0.2, 0.25) is 0 Å². The summed E-state index contributed by atoms with van der Waals surface area (Å²) < 4.78 is 21.0. The van der Waals surface area contributed by atoms with Crippen LogP contribution in [-0.4, -0.2) is 65.4 Å². The van der Waals surface area contributed by atoms with Crippen molar-refractivity contribution in [2.24, 2.45) is 0 Å². The minimum absolute atomic E-state index is 0.0852. The number of ether oxygens (including phenoxy) is 1. The monoisotopic (exact) mass is 469 g/mol. The van der Waals surface area contributed by atoms with Crippen molar-refractivity contribution in [3.63, 3.8) is 0 Å². The van der Waals surface area contributed by atoms with Crippen molar-refractivity contribution in [3.8, 4) is 5.75 Å². The van der Waals surface area contributed by atoms with Gasteiger partial charge in [-0.3, -0.25) is 4.90 Å². The van der Waals surface area contributed by atoms with Gasteiger partial charge < -0.3 is 25.7 Å². The number of halogens is 1. The fourth-order valence-corrected chi connectivity index (χ4v) is 4.56. The number of aromatic nitrogens is 3. The molecule has 0 amide bonds. The molecule has 1 aliphatic heterocycles. The molecule has 184 valence electrons. The second-order valence-electron chi connectivity index (χ2n) is 8.93. The highest BCUT2D eigenvalue weighted by atomic mass is 19.1. The fourth-order valence-electron chi connectivity index (χ4n) is 4.56. The standard InChI is InChI=1S/C25H36FN7O/c1-3-4-5-9-29-24-23-21(30-25(27)31-24)8-11-33(23)16-19-7-6-18(13-22(19)34-2)15-32-12-10-28-20(14-26)17-32/h6-8,11,13,20,28H,3-5,9-10,12,14-17H2,1-2H3,(H3,27,29,30,31)/t20-/m0/s1. The molecule has 4 N–H and O–H groups in total. The maximum Gasteiger partial charge on any atom is 0.222 e. The summed E-state index contributed by atoms with van der Waals surface area (Å²) in [5.74, 6) is 1.87. The molecule has 1 aliphatic rings. The molecule has 34 heavy (non-hydrogen) atoms. The van der Waals surface area contributed by atoms with Gasteiger partial charge in [-0.25, -0.2) is 9.37 Å². The molecule has 1 aromatic carbocycles. The van der Waals surface area contributed by atoms with E-state index in [0.29, 0.717) is 13.1 Å². The number of nitrogens with one attached hydrogen (secondary N) is 2. The van der Waals surface area contributed by atoms with Gasteiger partial charge in [-0.05, 0) is 24.1 Å². The molecule has 1 saturated heterocycles. The number of nitrogen functional groups attached to an aromatic ring is 1. The Bertz CT molecular complexity index is 1090. The number of rotatable bonds is 11. The molecule has 0 spiro atoms. The lowest BCUT2D eigenvalue weighted by molar-refractivity contribution is 0.174. The first-order valence-electron chi connectivity index (χ1n) is 12.1. The van der Waals surface area contributed by atoms with E-state index in [2.05, 4.69) is 55.2 Å². The molecule has 0 aliphatic carbocycles. The maximum absolute atomic E-state index is 13.1. The lowest BCUT2D eigenvalue weighted by atomic mass is 10.1. The van der Waals surface area contributed by atoms with Crippen molar-refractivity contribution < 1.29 is 9.13 Å². The Balaban J connectivity index is 1.53. The summed E-state index contributed by atoms with van der Waals surface area (Å²) in [6.45, 7) is 6.54. The molecule has 1 atom stereocenters. The first-order valence-corrected chi connectivity index (χ1v) is 12.1. The average molecular weight is 470 g/mol. The summed E-state index contributed by atoms with van der Waals surface area (Å²) in [6.07, 6.45) is 5.43. The van der Waals surface area contributed by atoms with Crippen LogP contribution in [0.3, 0.4) is 0 Å². The second-order valence-corrected chi connectivity index (χ2v) is 8.93. The molecule has 9 heteroatoms. The van der Waals surface area contributed by atoms with E-state index >= 15 is 0 Å². The predicted molar refractivity (Wildman–Crippen MR) is 135 cm³/mol. The highest BCUT2D eigenvalue weighted by Gasteiger charge is 2.20. The number of alkyl halides is 1. The summed E-state index contributed by atoms with van der Waals surface area (Å²) in [4.78, 5) is 11.2. The van der Waals surface area contributed by atoms with Gasteiger partial charge in [0.1, 0.15) is 17.9 Å². The smallest absolute Gasteiger partial charge is 0.222 e. The number of piperazine rings is 1. The minimum Gasteiger partial charge on any atom is -0.496 e. The lowest BCUT2D eigenvalue weighted by Gasteiger charge is -2.32. The van der Waals surface area contributed by atoms with Gasteiger partial charge in [0, 0.05) is 50.5 Å². The van der Waals surface area contributed by atoms with E-state index in [1.165, 1.54) is 12.8 Å². The summed E-state index contributed by atoms with van der Waals surface area (Å²) in [6, 6.07) is 8.22. The van der Waals surface area contributed by atoms with Crippen LogP contribution >= 0.6 is 0 Å². The number of unbranched alkanes of at least 4 members (excludes halogenated alkanes) is 2. The average Bonchev–Trinajstić information content (AvgIpc) is 3.25. The highest BCUT2D eigenvalue weighted by Crippen LogP contribution is 2.27. The molecular formula is C25H36FN7O. The summed E-state index contributed by atoms with van der Waals surface area (Å²) in [5, 5.41) is 6.66. The van der Waals surface area contributed by atoms with Gasteiger partial charge in [0.15, 0.2) is 5.82 Å². The van der Waals surface area contributed by atoms with Crippen LogP contribution in [-0.2, 0) is 13.1 Å². The van der Waals surface area contributed by atoms with Gasteiger partial charge in [-0.1, -0.05) is 31.9 Å². The Labute approximate surface area is 200 Å². The Kier molecular flexibility index (Phi) is 8.18. The third kappa shape index (κ3) is 5.77. The van der Waals surface area contributed by atoms with Crippen LogP contribution in [0.15, 0.2) is 30.5 Å². The largest absolute Gasteiger partial charge is 0.496 e. The van der Waals surface area contributed by atoms with Gasteiger partial charge in [-0.15, -0.1) is 0 Å². The van der Waals surface area contributed by atoms with Crippen molar-refractivity contribution >= 4 is 22.8 Å². The summed E-state index contributed by atoms with van der Waals surface area (Å²) in [7, 11) is 1.70. The first-order chi connectivity index (χ1) is 16.6. The van der Waals surface area contributed by atoms with Crippen LogP contribution in [0.4, 0.5) is 16.2 Å². The van der Waals surface area contributed by atoms with E-state index in [1.807, 2.05) is 12.3 Å². The zero-order valence-corrected chi connectivity index (χ0v) is 20.2. The van der Waals surface area contributed by atoms with E-state index in [0.717, 1.165) is 66.3 Å². The number of benzene rings is 1. The fraction of sp³-hybridized carbons (Fsp3) is 0.520. The Hall–Kier alpha value is -2.91. The number of fused-ring (bicyclic) bond motifs is 1. The van der Waals surface area contributed by atoms with Gasteiger partial charge in [0.25, 0.3) is 0 Å². The third-order valence-corrected chi connectivity index (χ3v) is 6.32. The van der Waals surface area contributed by atoms with E-state index in [9.17, 15) is 4.39 Å². The molecule has 4 rings (SSSR count). The molecule has 3 heterocycles. The Morgan fingerprint density at radius 3 is 2.91 bits per heavy atom. The van der Waals surface area contributed by atoms with Crippen molar-refractivity contribution in [2.45, 2.75) is 45.3 Å². The second kappa shape index (κ2) is 11.5. The molecular weight excluding hydrogens is 433 g/mol. The number of hydrogen-bond donors (Lipinski definition) is 3. The molecule has 0 unspecified atom stereocenters. The lowest BCUT2D eigenvalue weighted by Crippen LogP contribution is -2.51. The molecule has 3 aromatic rings. The Morgan fingerprint density at radius 1 is 1.24 bits per heavy atom. The van der Waals surface area contributed by atoms with Gasteiger partial charge in [0.2, 0.25) is 5.95 Å². The van der Waals surface area contributed by atoms with Crippen molar-refractivity contribution in [3.05, 3.63) is 41.6 Å². The van der Waals surface area contributed by atoms with E-state index in [-0.39, 0.29) is 18.7 Å². The van der Waals surface area contributed by atoms with Crippen LogP contribution in [0.25, 0.3) is 11.0 Å². The van der Waals surface area contributed by atoms with Crippen molar-refractivity contribution in [1.29, 1.82) is 0 Å². The number of methoxy groups -OCH3 is 1. The zero-order chi connectivity index (χ0) is 23.9. The molecule has 0 bridgehead atoms. The van der Waals surface area contributed by atoms with Gasteiger partial charge in [0.05, 0.1) is 19.2 Å². The number of nitrogens with two attached hydrogens (primary N) is 1. The summed E-state index contributed by atoms with van der Waals surface area (Å²) in [5.41, 5.74) is 9.94.